The van der Waals surface area contributed by atoms with Crippen molar-refractivity contribution in [1.82, 2.24) is 9.80 Å². The normalized spacial score (nSPS) is 19.7. The van der Waals surface area contributed by atoms with E-state index in [0.29, 0.717) is 0 Å². The number of carbonyl (C=O) groups is 2. The minimum Gasteiger partial charge on any atom is -0.469 e. The molecule has 1 saturated heterocycles. The van der Waals surface area contributed by atoms with Crippen molar-refractivity contribution >= 4 is 11.9 Å². The highest BCUT2D eigenvalue weighted by atomic mass is 16.5. The summed E-state index contributed by atoms with van der Waals surface area (Å²) in [4.78, 5) is 27.1. The van der Waals surface area contributed by atoms with Gasteiger partial charge < -0.3 is 14.4 Å². The van der Waals surface area contributed by atoms with Crippen LogP contribution in [-0.2, 0) is 19.1 Å². The molecule has 1 aliphatic rings. The molecule has 0 radical (unpaired) electrons. The van der Waals surface area contributed by atoms with Gasteiger partial charge in [0.15, 0.2) is 0 Å². The highest BCUT2D eigenvalue weighted by Crippen LogP contribution is 2.11. The molecular weight excluding hydrogens is 224 g/mol. The standard InChI is InChI=1S/C11H20N2O4/c1-12-4-6-13(7-5-12)9(11(15)17-3)8-10(14)16-2/h9H,4-8H2,1-3H3. The van der Waals surface area contributed by atoms with Crippen LogP contribution in [0.5, 0.6) is 0 Å². The van der Waals surface area contributed by atoms with E-state index in [2.05, 4.69) is 9.64 Å². The zero-order valence-electron chi connectivity index (χ0n) is 10.6. The van der Waals surface area contributed by atoms with Gasteiger partial charge in [-0.3, -0.25) is 14.5 Å². The van der Waals surface area contributed by atoms with Gasteiger partial charge in [-0.05, 0) is 7.05 Å². The quantitative estimate of drug-likeness (QED) is 0.612. The van der Waals surface area contributed by atoms with Crippen LogP contribution in [0.25, 0.3) is 0 Å². The van der Waals surface area contributed by atoms with Gasteiger partial charge in [-0.2, -0.15) is 0 Å². The second-order valence-corrected chi connectivity index (χ2v) is 4.16. The molecule has 0 aromatic heterocycles. The Morgan fingerprint density at radius 1 is 1.12 bits per heavy atom. The summed E-state index contributed by atoms with van der Waals surface area (Å²) in [6, 6.07) is -0.527. The van der Waals surface area contributed by atoms with Gasteiger partial charge in [-0.25, -0.2) is 0 Å². The van der Waals surface area contributed by atoms with E-state index >= 15 is 0 Å². The van der Waals surface area contributed by atoms with E-state index in [-0.39, 0.29) is 18.4 Å². The molecule has 0 aliphatic carbocycles. The van der Waals surface area contributed by atoms with Crippen LogP contribution in [0.4, 0.5) is 0 Å². The van der Waals surface area contributed by atoms with Crippen molar-refractivity contribution < 1.29 is 19.1 Å². The van der Waals surface area contributed by atoms with Crippen LogP contribution in [0.1, 0.15) is 6.42 Å². The van der Waals surface area contributed by atoms with Crippen LogP contribution in [0.15, 0.2) is 0 Å². The maximum Gasteiger partial charge on any atom is 0.323 e. The molecule has 0 amide bonds. The fraction of sp³-hybridized carbons (Fsp3) is 0.818. The van der Waals surface area contributed by atoms with E-state index in [1.165, 1.54) is 14.2 Å². The van der Waals surface area contributed by atoms with E-state index in [4.69, 9.17) is 4.74 Å². The number of likely N-dealkylation sites (N-methyl/N-ethyl adjacent to an activating group) is 1. The fourth-order valence-electron chi connectivity index (χ4n) is 1.87. The maximum absolute atomic E-state index is 11.7. The Labute approximate surface area is 101 Å². The summed E-state index contributed by atoms with van der Waals surface area (Å²) in [5, 5.41) is 0. The van der Waals surface area contributed by atoms with E-state index in [1.807, 2.05) is 11.9 Å². The van der Waals surface area contributed by atoms with Crippen LogP contribution < -0.4 is 0 Å². The Bertz CT molecular complexity index is 275. The Hall–Kier alpha value is -1.14. The fourth-order valence-corrected chi connectivity index (χ4v) is 1.87. The van der Waals surface area contributed by atoms with Crippen molar-refractivity contribution in [3.63, 3.8) is 0 Å². The summed E-state index contributed by atoms with van der Waals surface area (Å²) in [5.41, 5.74) is 0. The summed E-state index contributed by atoms with van der Waals surface area (Å²) in [5.74, 6) is -0.765. The molecule has 0 bridgehead atoms. The molecule has 1 rings (SSSR count). The van der Waals surface area contributed by atoms with Gasteiger partial charge in [-0.15, -0.1) is 0 Å². The summed E-state index contributed by atoms with van der Waals surface area (Å²) in [6.45, 7) is 3.28. The number of hydrogen-bond acceptors (Lipinski definition) is 6. The Morgan fingerprint density at radius 3 is 2.18 bits per heavy atom. The molecule has 1 heterocycles. The molecule has 0 aromatic carbocycles. The number of methoxy groups -OCH3 is 2. The largest absolute Gasteiger partial charge is 0.469 e. The minimum atomic E-state index is -0.527. The van der Waals surface area contributed by atoms with Gasteiger partial charge in [0.25, 0.3) is 0 Å². The molecule has 1 atom stereocenters. The van der Waals surface area contributed by atoms with Crippen molar-refractivity contribution in [3.05, 3.63) is 0 Å². The second-order valence-electron chi connectivity index (χ2n) is 4.16. The lowest BCUT2D eigenvalue weighted by Gasteiger charge is -2.36. The van der Waals surface area contributed by atoms with Crippen LogP contribution in [0.2, 0.25) is 0 Å². The highest BCUT2D eigenvalue weighted by molar-refractivity contribution is 5.82. The molecule has 0 spiro atoms. The number of hydrogen-bond donors (Lipinski definition) is 0. The zero-order valence-corrected chi connectivity index (χ0v) is 10.6. The topological polar surface area (TPSA) is 59.1 Å². The van der Waals surface area contributed by atoms with Crippen molar-refractivity contribution in [1.29, 1.82) is 0 Å². The summed E-state index contributed by atoms with van der Waals surface area (Å²) in [7, 11) is 4.69. The van der Waals surface area contributed by atoms with Crippen molar-refractivity contribution in [2.75, 3.05) is 47.4 Å². The molecule has 98 valence electrons. The average Bonchev–Trinajstić information content (AvgIpc) is 2.36. The average molecular weight is 244 g/mol. The van der Waals surface area contributed by atoms with Crippen LogP contribution in [0.3, 0.4) is 0 Å². The third-order valence-electron chi connectivity index (χ3n) is 3.04. The molecule has 0 aromatic rings. The lowest BCUT2D eigenvalue weighted by molar-refractivity contribution is -0.154. The maximum atomic E-state index is 11.7. The third-order valence-corrected chi connectivity index (χ3v) is 3.04. The molecule has 0 saturated carbocycles. The Kier molecular flexibility index (Phi) is 5.37. The molecule has 0 N–H and O–H groups in total. The number of rotatable bonds is 4. The zero-order chi connectivity index (χ0) is 12.8. The molecule has 1 fully saturated rings. The first-order chi connectivity index (χ1) is 8.08. The Morgan fingerprint density at radius 2 is 1.71 bits per heavy atom. The molecule has 1 aliphatic heterocycles. The van der Waals surface area contributed by atoms with Crippen LogP contribution in [0, 0.1) is 0 Å². The van der Waals surface area contributed by atoms with Gasteiger partial charge in [0.1, 0.15) is 6.04 Å². The lowest BCUT2D eigenvalue weighted by Crippen LogP contribution is -2.52. The summed E-state index contributed by atoms with van der Waals surface area (Å²) < 4.78 is 9.34. The summed E-state index contributed by atoms with van der Waals surface area (Å²) in [6.07, 6.45) is 0.0485. The van der Waals surface area contributed by atoms with E-state index in [1.54, 1.807) is 0 Å². The second kappa shape index (κ2) is 6.56. The van der Waals surface area contributed by atoms with Gasteiger partial charge in [0, 0.05) is 26.2 Å². The van der Waals surface area contributed by atoms with E-state index in [9.17, 15) is 9.59 Å². The number of carbonyl (C=O) groups excluding carboxylic acids is 2. The number of piperazine rings is 1. The monoisotopic (exact) mass is 244 g/mol. The summed E-state index contributed by atoms with van der Waals surface area (Å²) >= 11 is 0. The molecule has 17 heavy (non-hydrogen) atoms. The smallest absolute Gasteiger partial charge is 0.323 e. The predicted molar refractivity (Wildman–Crippen MR) is 61.5 cm³/mol. The number of nitrogens with zero attached hydrogens (tertiary/aromatic N) is 2. The van der Waals surface area contributed by atoms with E-state index in [0.717, 1.165) is 26.2 Å². The highest BCUT2D eigenvalue weighted by Gasteiger charge is 2.31. The van der Waals surface area contributed by atoms with Gasteiger partial charge in [0.05, 0.1) is 20.6 Å². The SMILES string of the molecule is COC(=O)CC(C(=O)OC)N1CCN(C)CC1. The number of esters is 2. The first-order valence-electron chi connectivity index (χ1n) is 5.65. The van der Waals surface area contributed by atoms with Gasteiger partial charge in [-0.1, -0.05) is 0 Å². The van der Waals surface area contributed by atoms with Gasteiger partial charge >= 0.3 is 11.9 Å². The predicted octanol–water partition coefficient (Wildman–Crippen LogP) is -0.661. The molecule has 6 nitrogen and oxygen atoms in total. The van der Waals surface area contributed by atoms with Crippen LogP contribution in [-0.4, -0.2) is 75.2 Å². The van der Waals surface area contributed by atoms with Crippen molar-refractivity contribution in [2.24, 2.45) is 0 Å². The van der Waals surface area contributed by atoms with Crippen molar-refractivity contribution in [3.8, 4) is 0 Å². The first-order valence-corrected chi connectivity index (χ1v) is 5.65. The molecular formula is C11H20N2O4. The lowest BCUT2D eigenvalue weighted by atomic mass is 10.1. The molecule has 6 heteroatoms. The molecule has 1 unspecified atom stereocenters. The van der Waals surface area contributed by atoms with Gasteiger partial charge in [0.2, 0.25) is 0 Å². The minimum absolute atomic E-state index is 0.0485. The first kappa shape index (κ1) is 13.9. The third kappa shape index (κ3) is 3.98. The Balaban J connectivity index is 2.62. The number of ether oxygens (including phenoxy) is 2. The van der Waals surface area contributed by atoms with Crippen LogP contribution >= 0.6 is 0 Å². The van der Waals surface area contributed by atoms with E-state index < -0.39 is 6.04 Å². The van der Waals surface area contributed by atoms with Crippen molar-refractivity contribution in [2.45, 2.75) is 12.5 Å².